The fraction of sp³-hybridized carbons (Fsp3) is 0. The number of carbonyl (C=O) groups is 1. The first-order valence-corrected chi connectivity index (χ1v) is 6.07. The van der Waals surface area contributed by atoms with Gasteiger partial charge in [0.15, 0.2) is 5.65 Å². The van der Waals surface area contributed by atoms with Crippen molar-refractivity contribution in [3.8, 4) is 0 Å². The molecule has 3 aromatic heterocycles. The zero-order chi connectivity index (χ0) is 13.2. The highest BCUT2D eigenvalue weighted by Crippen LogP contribution is 2.28. The average Bonchev–Trinajstić information content (AvgIpc) is 2.88. The highest BCUT2D eigenvalue weighted by molar-refractivity contribution is 7.99. The number of aromatic carboxylic acids is 1. The van der Waals surface area contributed by atoms with E-state index >= 15 is 0 Å². The number of rotatable bonds is 3. The number of fused-ring (bicyclic) bond motifs is 1. The van der Waals surface area contributed by atoms with Crippen LogP contribution in [0, 0.1) is 0 Å². The summed E-state index contributed by atoms with van der Waals surface area (Å²) in [6, 6.07) is 3.22. The molecule has 1 N–H and O–H groups in total. The second kappa shape index (κ2) is 4.65. The Morgan fingerprint density at radius 2 is 2.21 bits per heavy atom. The molecule has 7 nitrogen and oxygen atoms in total. The number of aromatic nitrogens is 5. The maximum Gasteiger partial charge on any atom is 0.354 e. The SMILES string of the molecule is O=C(O)c1cc(Sc2nccn3cnnc23)ccn1. The van der Waals surface area contributed by atoms with Crippen LogP contribution in [0.4, 0.5) is 0 Å². The Hall–Kier alpha value is -2.48. The smallest absolute Gasteiger partial charge is 0.354 e. The Labute approximate surface area is 111 Å². The zero-order valence-corrected chi connectivity index (χ0v) is 10.3. The van der Waals surface area contributed by atoms with Crippen molar-refractivity contribution in [1.82, 2.24) is 24.6 Å². The molecular weight excluding hydrogens is 266 g/mol. The van der Waals surface area contributed by atoms with E-state index in [1.54, 1.807) is 29.2 Å². The molecule has 0 fully saturated rings. The number of hydrogen-bond donors (Lipinski definition) is 1. The molecule has 3 heterocycles. The molecule has 94 valence electrons. The Morgan fingerprint density at radius 3 is 3.05 bits per heavy atom. The summed E-state index contributed by atoms with van der Waals surface area (Å²) in [5, 5.41) is 17.3. The number of carboxylic acid groups (broad SMARTS) is 1. The maximum absolute atomic E-state index is 10.9. The molecule has 0 bridgehead atoms. The predicted octanol–water partition coefficient (Wildman–Crippen LogP) is 1.37. The summed E-state index contributed by atoms with van der Waals surface area (Å²) in [6.07, 6.45) is 6.42. The van der Waals surface area contributed by atoms with Crippen molar-refractivity contribution in [3.63, 3.8) is 0 Å². The molecule has 0 unspecified atom stereocenters. The number of carboxylic acids is 1. The summed E-state index contributed by atoms with van der Waals surface area (Å²) < 4.78 is 1.74. The average molecular weight is 273 g/mol. The lowest BCUT2D eigenvalue weighted by atomic mass is 10.3. The first-order chi connectivity index (χ1) is 9.24. The van der Waals surface area contributed by atoms with E-state index in [0.29, 0.717) is 10.7 Å². The van der Waals surface area contributed by atoms with E-state index in [1.807, 2.05) is 0 Å². The lowest BCUT2D eigenvalue weighted by Gasteiger charge is -2.02. The van der Waals surface area contributed by atoms with Gasteiger partial charge in [0.2, 0.25) is 0 Å². The maximum atomic E-state index is 10.9. The van der Waals surface area contributed by atoms with Crippen LogP contribution in [0.3, 0.4) is 0 Å². The summed E-state index contributed by atoms with van der Waals surface area (Å²) in [4.78, 5) is 19.6. The lowest BCUT2D eigenvalue weighted by molar-refractivity contribution is 0.0690. The highest BCUT2D eigenvalue weighted by Gasteiger charge is 2.09. The molecule has 0 aliphatic carbocycles. The van der Waals surface area contributed by atoms with Crippen LogP contribution in [-0.4, -0.2) is 35.6 Å². The van der Waals surface area contributed by atoms with Crippen LogP contribution in [-0.2, 0) is 0 Å². The minimum Gasteiger partial charge on any atom is -0.477 e. The molecule has 0 atom stereocenters. The van der Waals surface area contributed by atoms with Gasteiger partial charge in [0.25, 0.3) is 0 Å². The summed E-state index contributed by atoms with van der Waals surface area (Å²) in [5.74, 6) is -1.06. The van der Waals surface area contributed by atoms with Gasteiger partial charge in [-0.05, 0) is 12.1 Å². The molecule has 19 heavy (non-hydrogen) atoms. The van der Waals surface area contributed by atoms with E-state index in [0.717, 1.165) is 4.90 Å². The monoisotopic (exact) mass is 273 g/mol. The van der Waals surface area contributed by atoms with E-state index < -0.39 is 5.97 Å². The molecule has 0 amide bonds. The van der Waals surface area contributed by atoms with E-state index in [1.165, 1.54) is 24.0 Å². The van der Waals surface area contributed by atoms with Crippen molar-refractivity contribution in [2.75, 3.05) is 0 Å². The van der Waals surface area contributed by atoms with E-state index in [9.17, 15) is 4.79 Å². The van der Waals surface area contributed by atoms with Crippen molar-refractivity contribution in [1.29, 1.82) is 0 Å². The third kappa shape index (κ3) is 2.25. The third-order valence-corrected chi connectivity index (χ3v) is 3.32. The Balaban J connectivity index is 1.99. The van der Waals surface area contributed by atoms with Crippen LogP contribution < -0.4 is 0 Å². The van der Waals surface area contributed by atoms with Gasteiger partial charge in [-0.2, -0.15) is 0 Å². The van der Waals surface area contributed by atoms with Gasteiger partial charge in [-0.3, -0.25) is 4.40 Å². The fourth-order valence-corrected chi connectivity index (χ4v) is 2.38. The fourth-order valence-electron chi connectivity index (χ4n) is 1.51. The Morgan fingerprint density at radius 1 is 1.32 bits per heavy atom. The molecule has 0 saturated carbocycles. The van der Waals surface area contributed by atoms with Crippen molar-refractivity contribution < 1.29 is 9.90 Å². The van der Waals surface area contributed by atoms with Crippen molar-refractivity contribution in [2.24, 2.45) is 0 Å². The van der Waals surface area contributed by atoms with Crippen molar-refractivity contribution >= 4 is 23.4 Å². The molecule has 0 aliphatic heterocycles. The zero-order valence-electron chi connectivity index (χ0n) is 9.46. The summed E-state index contributed by atoms with van der Waals surface area (Å²) in [6.45, 7) is 0. The predicted molar refractivity (Wildman–Crippen MR) is 66.1 cm³/mol. The topological polar surface area (TPSA) is 93.3 Å². The molecule has 0 spiro atoms. The number of hydrogen-bond acceptors (Lipinski definition) is 6. The minimum atomic E-state index is -1.06. The van der Waals surface area contributed by atoms with Gasteiger partial charge >= 0.3 is 5.97 Å². The molecule has 0 aromatic carbocycles. The number of pyridine rings is 1. The lowest BCUT2D eigenvalue weighted by Crippen LogP contribution is -1.99. The van der Waals surface area contributed by atoms with Gasteiger partial charge in [-0.15, -0.1) is 10.2 Å². The summed E-state index contributed by atoms with van der Waals surface area (Å²) in [5.41, 5.74) is 0.625. The Bertz CT molecular complexity index is 757. The van der Waals surface area contributed by atoms with Gasteiger partial charge < -0.3 is 5.11 Å². The van der Waals surface area contributed by atoms with Crippen molar-refractivity contribution in [3.05, 3.63) is 42.7 Å². The van der Waals surface area contributed by atoms with E-state index in [2.05, 4.69) is 20.2 Å². The molecule has 3 rings (SSSR count). The normalized spacial score (nSPS) is 10.7. The van der Waals surface area contributed by atoms with Crippen LogP contribution >= 0.6 is 11.8 Å². The van der Waals surface area contributed by atoms with E-state index in [-0.39, 0.29) is 5.69 Å². The van der Waals surface area contributed by atoms with Crippen LogP contribution in [0.1, 0.15) is 10.5 Å². The van der Waals surface area contributed by atoms with Crippen LogP contribution in [0.15, 0.2) is 47.0 Å². The first kappa shape index (κ1) is 11.6. The standard InChI is InChI=1S/C11H7N5O2S/c17-11(18)8-5-7(1-2-12-8)19-10-9-15-14-6-16(9)4-3-13-10/h1-6H,(H,17,18). The molecular formula is C11H7N5O2S. The van der Waals surface area contributed by atoms with E-state index in [4.69, 9.17) is 5.11 Å². The quantitative estimate of drug-likeness (QED) is 0.770. The van der Waals surface area contributed by atoms with Gasteiger partial charge in [0.05, 0.1) is 0 Å². The van der Waals surface area contributed by atoms with Gasteiger partial charge in [-0.1, -0.05) is 11.8 Å². The molecule has 0 radical (unpaired) electrons. The minimum absolute atomic E-state index is 0.00146. The molecule has 8 heteroatoms. The van der Waals surface area contributed by atoms with Gasteiger partial charge in [-0.25, -0.2) is 14.8 Å². The van der Waals surface area contributed by atoms with Gasteiger partial charge in [0.1, 0.15) is 17.0 Å². The largest absolute Gasteiger partial charge is 0.477 e. The van der Waals surface area contributed by atoms with Gasteiger partial charge in [0, 0.05) is 23.5 Å². The molecule has 3 aromatic rings. The highest BCUT2D eigenvalue weighted by atomic mass is 32.2. The number of nitrogens with zero attached hydrogens (tertiary/aromatic N) is 5. The Kier molecular flexibility index (Phi) is 2.84. The third-order valence-electron chi connectivity index (χ3n) is 2.35. The summed E-state index contributed by atoms with van der Waals surface area (Å²) >= 11 is 1.32. The molecule has 0 aliphatic rings. The van der Waals surface area contributed by atoms with Crippen LogP contribution in [0.2, 0.25) is 0 Å². The van der Waals surface area contributed by atoms with Crippen LogP contribution in [0.25, 0.3) is 5.65 Å². The molecule has 0 saturated heterocycles. The first-order valence-electron chi connectivity index (χ1n) is 5.25. The van der Waals surface area contributed by atoms with Crippen LogP contribution in [0.5, 0.6) is 0 Å². The summed E-state index contributed by atoms with van der Waals surface area (Å²) in [7, 11) is 0. The second-order valence-electron chi connectivity index (χ2n) is 3.58. The second-order valence-corrected chi connectivity index (χ2v) is 4.64. The van der Waals surface area contributed by atoms with Crippen molar-refractivity contribution in [2.45, 2.75) is 9.92 Å².